The van der Waals surface area contributed by atoms with E-state index in [1.54, 1.807) is 0 Å². The molecule has 1 aromatic rings. The fraction of sp³-hybridized carbons (Fsp3) is 0.643. The quantitative estimate of drug-likeness (QED) is 0.758. The lowest BCUT2D eigenvalue weighted by Crippen LogP contribution is -2.37. The van der Waals surface area contributed by atoms with Gasteiger partial charge in [-0.25, -0.2) is 0 Å². The minimum atomic E-state index is 0.793. The van der Waals surface area contributed by atoms with Gasteiger partial charge in [-0.15, -0.1) is 0 Å². The van der Waals surface area contributed by atoms with Crippen LogP contribution in [0.1, 0.15) is 24.7 Å². The van der Waals surface area contributed by atoms with Gasteiger partial charge in [-0.05, 0) is 57.3 Å². The number of aryl methyl sites for hydroxylation is 1. The molecule has 88 valence electrons. The average Bonchev–Trinajstić information content (AvgIpc) is 2.22. The highest BCUT2D eigenvalue weighted by Crippen LogP contribution is 2.25. The summed E-state index contributed by atoms with van der Waals surface area (Å²) in [5.74, 6) is 1.60. The van der Waals surface area contributed by atoms with E-state index in [1.807, 2.05) is 0 Å². The molecule has 1 aromatic heterocycles. The Hall–Kier alpha value is -0.890. The molecule has 0 aliphatic carbocycles. The molecule has 0 saturated carbocycles. The Morgan fingerprint density at radius 1 is 1.44 bits per heavy atom. The van der Waals surface area contributed by atoms with Crippen molar-refractivity contribution in [1.29, 1.82) is 0 Å². The van der Waals surface area contributed by atoms with E-state index in [-0.39, 0.29) is 0 Å². The predicted octanol–water partition coefficient (Wildman–Crippen LogP) is 2.52. The van der Waals surface area contributed by atoms with Crippen LogP contribution in [0.2, 0.25) is 0 Å². The SMILES string of the molecule is Cc1cccc(CC2CCN(C)C[C@H]2C)n1. The fourth-order valence-electron chi connectivity index (χ4n) is 2.69. The van der Waals surface area contributed by atoms with Crippen LogP contribution < -0.4 is 0 Å². The number of hydrogen-bond donors (Lipinski definition) is 0. The van der Waals surface area contributed by atoms with Crippen LogP contribution in [0.4, 0.5) is 0 Å². The third-order valence-corrected chi connectivity index (χ3v) is 3.70. The van der Waals surface area contributed by atoms with Gasteiger partial charge in [0.25, 0.3) is 0 Å². The van der Waals surface area contributed by atoms with E-state index in [2.05, 4.69) is 49.0 Å². The molecule has 0 amide bonds. The minimum Gasteiger partial charge on any atom is -0.306 e. The Labute approximate surface area is 98.7 Å². The highest BCUT2D eigenvalue weighted by Gasteiger charge is 2.24. The number of nitrogens with zero attached hydrogens (tertiary/aromatic N) is 2. The van der Waals surface area contributed by atoms with Gasteiger partial charge < -0.3 is 4.90 Å². The Morgan fingerprint density at radius 3 is 2.94 bits per heavy atom. The molecule has 1 unspecified atom stereocenters. The molecule has 2 heteroatoms. The lowest BCUT2D eigenvalue weighted by molar-refractivity contribution is 0.154. The number of piperidine rings is 1. The van der Waals surface area contributed by atoms with Crippen molar-refractivity contribution in [3.8, 4) is 0 Å². The summed E-state index contributed by atoms with van der Waals surface area (Å²) in [5, 5.41) is 0. The second kappa shape index (κ2) is 4.96. The molecule has 1 aliphatic heterocycles. The fourth-order valence-corrected chi connectivity index (χ4v) is 2.69. The van der Waals surface area contributed by atoms with Gasteiger partial charge in [-0.2, -0.15) is 0 Å². The van der Waals surface area contributed by atoms with Crippen LogP contribution in [0.5, 0.6) is 0 Å². The van der Waals surface area contributed by atoms with E-state index in [0.717, 1.165) is 24.0 Å². The van der Waals surface area contributed by atoms with Crippen LogP contribution in [-0.2, 0) is 6.42 Å². The van der Waals surface area contributed by atoms with Crippen LogP contribution >= 0.6 is 0 Å². The van der Waals surface area contributed by atoms with Gasteiger partial charge in [0.2, 0.25) is 0 Å². The van der Waals surface area contributed by atoms with Crippen molar-refractivity contribution >= 4 is 0 Å². The second-order valence-corrected chi connectivity index (χ2v) is 5.26. The summed E-state index contributed by atoms with van der Waals surface area (Å²) in [7, 11) is 2.22. The summed E-state index contributed by atoms with van der Waals surface area (Å²) >= 11 is 0. The summed E-state index contributed by atoms with van der Waals surface area (Å²) in [6, 6.07) is 6.36. The smallest absolute Gasteiger partial charge is 0.0409 e. The number of likely N-dealkylation sites (tertiary alicyclic amines) is 1. The highest BCUT2D eigenvalue weighted by molar-refractivity contribution is 5.10. The molecule has 1 fully saturated rings. The van der Waals surface area contributed by atoms with Crippen molar-refractivity contribution in [2.75, 3.05) is 20.1 Å². The number of rotatable bonds is 2. The largest absolute Gasteiger partial charge is 0.306 e. The highest BCUT2D eigenvalue weighted by atomic mass is 15.1. The Morgan fingerprint density at radius 2 is 2.25 bits per heavy atom. The van der Waals surface area contributed by atoms with Gasteiger partial charge in [-0.1, -0.05) is 13.0 Å². The maximum absolute atomic E-state index is 4.61. The maximum atomic E-state index is 4.61. The first-order valence-corrected chi connectivity index (χ1v) is 6.26. The molecule has 0 N–H and O–H groups in total. The lowest BCUT2D eigenvalue weighted by atomic mass is 9.83. The summed E-state index contributed by atoms with van der Waals surface area (Å²) in [4.78, 5) is 7.04. The van der Waals surface area contributed by atoms with E-state index in [1.165, 1.54) is 25.2 Å². The van der Waals surface area contributed by atoms with Crippen LogP contribution in [0.25, 0.3) is 0 Å². The van der Waals surface area contributed by atoms with Gasteiger partial charge in [0, 0.05) is 17.9 Å². The molecule has 2 nitrogen and oxygen atoms in total. The molecule has 0 aromatic carbocycles. The summed E-state index contributed by atoms with van der Waals surface area (Å²) < 4.78 is 0. The topological polar surface area (TPSA) is 16.1 Å². The van der Waals surface area contributed by atoms with Gasteiger partial charge in [0.05, 0.1) is 0 Å². The van der Waals surface area contributed by atoms with E-state index >= 15 is 0 Å². The average molecular weight is 218 g/mol. The van der Waals surface area contributed by atoms with Crippen molar-refractivity contribution in [2.24, 2.45) is 11.8 Å². The van der Waals surface area contributed by atoms with Crippen molar-refractivity contribution < 1.29 is 0 Å². The normalized spacial score (nSPS) is 26.9. The van der Waals surface area contributed by atoms with Gasteiger partial charge in [-0.3, -0.25) is 4.98 Å². The molecule has 1 aliphatic rings. The van der Waals surface area contributed by atoms with E-state index in [9.17, 15) is 0 Å². The van der Waals surface area contributed by atoms with Crippen LogP contribution in [0.15, 0.2) is 18.2 Å². The zero-order valence-corrected chi connectivity index (χ0v) is 10.6. The van der Waals surface area contributed by atoms with E-state index in [0.29, 0.717) is 0 Å². The molecule has 2 heterocycles. The molecular weight excluding hydrogens is 196 g/mol. The van der Waals surface area contributed by atoms with E-state index < -0.39 is 0 Å². The molecule has 0 radical (unpaired) electrons. The van der Waals surface area contributed by atoms with E-state index in [4.69, 9.17) is 0 Å². The third kappa shape index (κ3) is 2.82. The summed E-state index contributed by atoms with van der Waals surface area (Å²) in [6.45, 7) is 6.91. The molecule has 0 bridgehead atoms. The molecule has 2 rings (SSSR count). The first kappa shape index (κ1) is 11.6. The monoisotopic (exact) mass is 218 g/mol. The molecular formula is C14H22N2. The van der Waals surface area contributed by atoms with Gasteiger partial charge in [0.15, 0.2) is 0 Å². The summed E-state index contributed by atoms with van der Waals surface area (Å²) in [6.07, 6.45) is 2.46. The zero-order valence-electron chi connectivity index (χ0n) is 10.6. The molecule has 2 atom stereocenters. The number of pyridine rings is 1. The van der Waals surface area contributed by atoms with Crippen LogP contribution in [0, 0.1) is 18.8 Å². The van der Waals surface area contributed by atoms with Crippen LogP contribution in [0.3, 0.4) is 0 Å². The number of hydrogen-bond acceptors (Lipinski definition) is 2. The number of aromatic nitrogens is 1. The standard InChI is InChI=1S/C14H22N2/c1-11-10-16(3)8-7-13(11)9-14-6-4-5-12(2)15-14/h4-6,11,13H,7-10H2,1-3H3/t11-,13?/m1/s1. The Kier molecular flexibility index (Phi) is 3.59. The Bertz CT molecular complexity index is 348. The van der Waals surface area contributed by atoms with Crippen molar-refractivity contribution in [2.45, 2.75) is 26.7 Å². The van der Waals surface area contributed by atoms with Crippen molar-refractivity contribution in [1.82, 2.24) is 9.88 Å². The minimum absolute atomic E-state index is 0.793. The van der Waals surface area contributed by atoms with Gasteiger partial charge >= 0.3 is 0 Å². The Balaban J connectivity index is 1.99. The first-order valence-electron chi connectivity index (χ1n) is 6.26. The lowest BCUT2D eigenvalue weighted by Gasteiger charge is -2.34. The van der Waals surface area contributed by atoms with Crippen molar-refractivity contribution in [3.05, 3.63) is 29.6 Å². The maximum Gasteiger partial charge on any atom is 0.0409 e. The second-order valence-electron chi connectivity index (χ2n) is 5.26. The predicted molar refractivity (Wildman–Crippen MR) is 67.4 cm³/mol. The molecule has 0 spiro atoms. The first-order chi connectivity index (χ1) is 7.65. The van der Waals surface area contributed by atoms with Gasteiger partial charge in [0.1, 0.15) is 0 Å². The third-order valence-electron chi connectivity index (χ3n) is 3.70. The summed E-state index contributed by atoms with van der Waals surface area (Å²) in [5.41, 5.74) is 2.40. The van der Waals surface area contributed by atoms with Crippen molar-refractivity contribution in [3.63, 3.8) is 0 Å². The zero-order chi connectivity index (χ0) is 11.5. The molecule has 1 saturated heterocycles. The van der Waals surface area contributed by atoms with Crippen LogP contribution in [-0.4, -0.2) is 30.0 Å². The molecule has 16 heavy (non-hydrogen) atoms.